The standard InChI is InChI=1S/C15H23N3O/c16-15(19)12-18(10-13-4-2-1-3-5-13)11-14-6-8-17-9-7-14/h1-5,14,17H,6-12H2,(H2,16,19). The molecule has 1 amide bonds. The van der Waals surface area contributed by atoms with E-state index >= 15 is 0 Å². The summed E-state index contributed by atoms with van der Waals surface area (Å²) in [5.74, 6) is 0.425. The molecule has 0 unspecified atom stereocenters. The van der Waals surface area contributed by atoms with Crippen molar-refractivity contribution in [1.29, 1.82) is 0 Å². The normalized spacial score (nSPS) is 16.7. The Morgan fingerprint density at radius 3 is 2.58 bits per heavy atom. The van der Waals surface area contributed by atoms with Crippen molar-refractivity contribution in [3.05, 3.63) is 35.9 Å². The first-order valence-corrected chi connectivity index (χ1v) is 6.99. The summed E-state index contributed by atoms with van der Waals surface area (Å²) in [5, 5.41) is 3.37. The Kier molecular flexibility index (Phi) is 5.36. The van der Waals surface area contributed by atoms with Gasteiger partial charge < -0.3 is 11.1 Å². The zero-order valence-electron chi connectivity index (χ0n) is 11.3. The first-order chi connectivity index (χ1) is 9.24. The minimum atomic E-state index is -0.245. The van der Waals surface area contributed by atoms with Gasteiger partial charge in [0.25, 0.3) is 0 Å². The van der Waals surface area contributed by atoms with Gasteiger partial charge in [0.15, 0.2) is 0 Å². The summed E-state index contributed by atoms with van der Waals surface area (Å²) in [7, 11) is 0. The molecule has 3 N–H and O–H groups in total. The van der Waals surface area contributed by atoms with Crippen molar-refractivity contribution in [3.8, 4) is 0 Å². The Morgan fingerprint density at radius 1 is 1.26 bits per heavy atom. The molecule has 0 aromatic heterocycles. The van der Waals surface area contributed by atoms with Gasteiger partial charge in [-0.2, -0.15) is 0 Å². The van der Waals surface area contributed by atoms with Crippen LogP contribution in [0.15, 0.2) is 30.3 Å². The maximum Gasteiger partial charge on any atom is 0.231 e. The summed E-state index contributed by atoms with van der Waals surface area (Å²) >= 11 is 0. The summed E-state index contributed by atoms with van der Waals surface area (Å²) < 4.78 is 0. The van der Waals surface area contributed by atoms with Crippen LogP contribution in [0.2, 0.25) is 0 Å². The van der Waals surface area contributed by atoms with Crippen LogP contribution in [0.5, 0.6) is 0 Å². The number of nitrogens with two attached hydrogens (primary N) is 1. The van der Waals surface area contributed by atoms with Gasteiger partial charge in [0.2, 0.25) is 5.91 Å². The molecule has 1 aromatic carbocycles. The van der Waals surface area contributed by atoms with Crippen LogP contribution in [0.1, 0.15) is 18.4 Å². The van der Waals surface area contributed by atoms with E-state index in [1.807, 2.05) is 18.2 Å². The van der Waals surface area contributed by atoms with Gasteiger partial charge in [-0.15, -0.1) is 0 Å². The van der Waals surface area contributed by atoms with Crippen LogP contribution in [0.4, 0.5) is 0 Å². The number of piperidine rings is 1. The van der Waals surface area contributed by atoms with E-state index in [4.69, 9.17) is 5.73 Å². The zero-order valence-corrected chi connectivity index (χ0v) is 11.3. The van der Waals surface area contributed by atoms with Gasteiger partial charge in [-0.05, 0) is 37.4 Å². The number of hydrogen-bond acceptors (Lipinski definition) is 3. The first-order valence-electron chi connectivity index (χ1n) is 6.99. The molecule has 2 rings (SSSR count). The molecule has 0 aliphatic carbocycles. The van der Waals surface area contributed by atoms with E-state index in [2.05, 4.69) is 22.3 Å². The second-order valence-electron chi connectivity index (χ2n) is 5.31. The largest absolute Gasteiger partial charge is 0.369 e. The SMILES string of the molecule is NC(=O)CN(Cc1ccccc1)CC1CCNCC1. The average molecular weight is 261 g/mol. The van der Waals surface area contributed by atoms with Crippen LogP contribution in [-0.2, 0) is 11.3 Å². The number of benzene rings is 1. The quantitative estimate of drug-likeness (QED) is 0.802. The summed E-state index contributed by atoms with van der Waals surface area (Å²) in [5.41, 5.74) is 6.59. The lowest BCUT2D eigenvalue weighted by atomic mass is 9.97. The van der Waals surface area contributed by atoms with Crippen molar-refractivity contribution in [1.82, 2.24) is 10.2 Å². The van der Waals surface area contributed by atoms with Gasteiger partial charge in [-0.3, -0.25) is 9.69 Å². The molecule has 1 aliphatic heterocycles. The Bertz CT molecular complexity index is 388. The monoisotopic (exact) mass is 261 g/mol. The molecule has 0 spiro atoms. The fourth-order valence-corrected chi connectivity index (χ4v) is 2.68. The van der Waals surface area contributed by atoms with Gasteiger partial charge in [0.1, 0.15) is 0 Å². The molecule has 0 bridgehead atoms. The van der Waals surface area contributed by atoms with E-state index in [0.29, 0.717) is 12.5 Å². The predicted octanol–water partition coefficient (Wildman–Crippen LogP) is 0.973. The Labute approximate surface area is 115 Å². The maximum absolute atomic E-state index is 11.2. The molecule has 1 saturated heterocycles. The lowest BCUT2D eigenvalue weighted by Gasteiger charge is -2.29. The number of carbonyl (C=O) groups is 1. The van der Waals surface area contributed by atoms with Crippen LogP contribution < -0.4 is 11.1 Å². The molecule has 4 heteroatoms. The van der Waals surface area contributed by atoms with Crippen molar-refractivity contribution < 1.29 is 4.79 Å². The third kappa shape index (κ3) is 5.01. The highest BCUT2D eigenvalue weighted by atomic mass is 16.1. The molecule has 104 valence electrons. The van der Waals surface area contributed by atoms with Crippen molar-refractivity contribution >= 4 is 5.91 Å². The number of carbonyl (C=O) groups excluding carboxylic acids is 1. The fourth-order valence-electron chi connectivity index (χ4n) is 2.68. The lowest BCUT2D eigenvalue weighted by molar-refractivity contribution is -0.119. The van der Waals surface area contributed by atoms with Crippen molar-refractivity contribution in [2.45, 2.75) is 19.4 Å². The van der Waals surface area contributed by atoms with Gasteiger partial charge >= 0.3 is 0 Å². The number of amides is 1. The summed E-state index contributed by atoms with van der Waals surface area (Å²) in [6, 6.07) is 10.3. The van der Waals surface area contributed by atoms with E-state index < -0.39 is 0 Å². The average Bonchev–Trinajstić information content (AvgIpc) is 2.40. The zero-order chi connectivity index (χ0) is 13.5. The molecular formula is C15H23N3O. The van der Waals surface area contributed by atoms with Crippen molar-refractivity contribution in [2.75, 3.05) is 26.2 Å². The van der Waals surface area contributed by atoms with Gasteiger partial charge in [-0.1, -0.05) is 30.3 Å². The number of hydrogen-bond donors (Lipinski definition) is 2. The fraction of sp³-hybridized carbons (Fsp3) is 0.533. The number of rotatable bonds is 6. The smallest absolute Gasteiger partial charge is 0.231 e. The van der Waals surface area contributed by atoms with E-state index in [1.54, 1.807) is 0 Å². The number of nitrogens with one attached hydrogen (secondary N) is 1. The summed E-state index contributed by atoms with van der Waals surface area (Å²) in [6.45, 7) is 4.27. The lowest BCUT2D eigenvalue weighted by Crippen LogP contribution is -2.39. The molecule has 1 aliphatic rings. The van der Waals surface area contributed by atoms with Crippen LogP contribution in [-0.4, -0.2) is 37.0 Å². The minimum Gasteiger partial charge on any atom is -0.369 e. The van der Waals surface area contributed by atoms with Crippen molar-refractivity contribution in [3.63, 3.8) is 0 Å². The molecule has 1 heterocycles. The number of primary amides is 1. The molecule has 0 atom stereocenters. The van der Waals surface area contributed by atoms with E-state index in [9.17, 15) is 4.79 Å². The molecule has 19 heavy (non-hydrogen) atoms. The molecule has 1 aromatic rings. The molecule has 0 radical (unpaired) electrons. The van der Waals surface area contributed by atoms with Crippen LogP contribution in [0, 0.1) is 5.92 Å². The van der Waals surface area contributed by atoms with Gasteiger partial charge in [0.05, 0.1) is 6.54 Å². The van der Waals surface area contributed by atoms with E-state index in [-0.39, 0.29) is 5.91 Å². The number of nitrogens with zero attached hydrogens (tertiary/aromatic N) is 1. The predicted molar refractivity (Wildman–Crippen MR) is 76.5 cm³/mol. The maximum atomic E-state index is 11.2. The molecule has 1 fully saturated rings. The van der Waals surface area contributed by atoms with Crippen LogP contribution in [0.3, 0.4) is 0 Å². The van der Waals surface area contributed by atoms with Crippen molar-refractivity contribution in [2.24, 2.45) is 11.7 Å². The Hall–Kier alpha value is -1.39. The van der Waals surface area contributed by atoms with E-state index in [1.165, 1.54) is 18.4 Å². The van der Waals surface area contributed by atoms with Gasteiger partial charge in [0, 0.05) is 13.1 Å². The summed E-state index contributed by atoms with van der Waals surface area (Å²) in [4.78, 5) is 13.4. The first kappa shape index (κ1) is 14.0. The highest BCUT2D eigenvalue weighted by Gasteiger charge is 2.18. The van der Waals surface area contributed by atoms with E-state index in [0.717, 1.165) is 26.2 Å². The second-order valence-corrected chi connectivity index (χ2v) is 5.31. The second kappa shape index (κ2) is 7.26. The Balaban J connectivity index is 1.92. The summed E-state index contributed by atoms with van der Waals surface area (Å²) in [6.07, 6.45) is 2.37. The molecule has 0 saturated carbocycles. The molecule has 4 nitrogen and oxygen atoms in total. The highest BCUT2D eigenvalue weighted by Crippen LogP contribution is 2.15. The third-order valence-electron chi connectivity index (χ3n) is 3.60. The third-order valence-corrected chi connectivity index (χ3v) is 3.60. The van der Waals surface area contributed by atoms with Crippen LogP contribution in [0.25, 0.3) is 0 Å². The van der Waals surface area contributed by atoms with Gasteiger partial charge in [-0.25, -0.2) is 0 Å². The highest BCUT2D eigenvalue weighted by molar-refractivity contribution is 5.75. The Morgan fingerprint density at radius 2 is 1.95 bits per heavy atom. The molecular weight excluding hydrogens is 238 g/mol. The topological polar surface area (TPSA) is 58.4 Å². The van der Waals surface area contributed by atoms with Crippen LogP contribution >= 0.6 is 0 Å². The minimum absolute atomic E-state index is 0.245.